The fourth-order valence-electron chi connectivity index (χ4n) is 4.14. The first-order valence-electron chi connectivity index (χ1n) is 10.1. The molecule has 0 radical (unpaired) electrons. The second-order valence-electron chi connectivity index (χ2n) is 8.15. The molecule has 7 heteroatoms. The quantitative estimate of drug-likeness (QED) is 0.367. The Labute approximate surface area is 195 Å². The number of anilines is 1. The van der Waals surface area contributed by atoms with Gasteiger partial charge in [-0.2, -0.15) is 0 Å². The molecule has 1 unspecified atom stereocenters. The van der Waals surface area contributed by atoms with Crippen molar-refractivity contribution in [3.05, 3.63) is 59.7 Å². The summed E-state index contributed by atoms with van der Waals surface area (Å²) in [6, 6.07) is 16.2. The van der Waals surface area contributed by atoms with Crippen molar-refractivity contribution in [2.45, 2.75) is 38.3 Å². The first-order chi connectivity index (χ1) is 14.0. The van der Waals surface area contributed by atoms with Gasteiger partial charge >= 0.3 is 0 Å². The number of benzene rings is 2. The van der Waals surface area contributed by atoms with E-state index in [1.807, 2.05) is 47.4 Å². The van der Waals surface area contributed by atoms with E-state index >= 15 is 0 Å². The number of rotatable bonds is 4. The Kier molecular flexibility index (Phi) is 6.90. The molecule has 1 atom stereocenters. The summed E-state index contributed by atoms with van der Waals surface area (Å²) in [4.78, 5) is 18.6. The number of hydrogen-bond acceptors (Lipinski definition) is 3. The Morgan fingerprint density at radius 1 is 1.20 bits per heavy atom. The van der Waals surface area contributed by atoms with Crippen molar-refractivity contribution in [2.24, 2.45) is 4.99 Å². The number of fused-ring (bicyclic) bond motifs is 2. The molecule has 0 saturated carbocycles. The Morgan fingerprint density at radius 3 is 2.73 bits per heavy atom. The van der Waals surface area contributed by atoms with Gasteiger partial charge in [-0.25, -0.2) is 0 Å². The number of nitrogens with one attached hydrogen (secondary N) is 2. The van der Waals surface area contributed by atoms with Crippen LogP contribution in [0.4, 0.5) is 5.69 Å². The lowest BCUT2D eigenvalue weighted by Gasteiger charge is -2.38. The average Bonchev–Trinajstić information content (AvgIpc) is 3.01. The lowest BCUT2D eigenvalue weighted by molar-refractivity contribution is -0.117. The highest BCUT2D eigenvalue weighted by Gasteiger charge is 2.34. The fourth-order valence-corrected chi connectivity index (χ4v) is 4.14. The third kappa shape index (κ3) is 4.71. The number of halogens is 1. The van der Waals surface area contributed by atoms with Crippen LogP contribution in [0.15, 0.2) is 53.5 Å². The van der Waals surface area contributed by atoms with Crippen LogP contribution in [0, 0.1) is 0 Å². The molecular formula is C23H29IN4O2. The molecule has 0 spiro atoms. The molecule has 0 aromatic heterocycles. The van der Waals surface area contributed by atoms with Crippen molar-refractivity contribution in [2.75, 3.05) is 25.0 Å². The Hall–Kier alpha value is -2.29. The highest BCUT2D eigenvalue weighted by molar-refractivity contribution is 14.0. The Bertz CT molecular complexity index is 944. The first-order valence-corrected chi connectivity index (χ1v) is 10.1. The number of para-hydroxylation sites is 2. The van der Waals surface area contributed by atoms with Crippen molar-refractivity contribution in [3.8, 4) is 5.75 Å². The summed E-state index contributed by atoms with van der Waals surface area (Å²) in [5, 5.41) is 6.89. The van der Waals surface area contributed by atoms with E-state index in [0.29, 0.717) is 19.5 Å². The zero-order chi connectivity index (χ0) is 20.4. The van der Waals surface area contributed by atoms with E-state index in [-0.39, 0.29) is 41.5 Å². The van der Waals surface area contributed by atoms with Crippen LogP contribution in [-0.4, -0.2) is 37.6 Å². The van der Waals surface area contributed by atoms with Crippen LogP contribution in [-0.2, 0) is 11.2 Å². The molecule has 1 amide bonds. The molecule has 0 aliphatic carbocycles. The normalized spacial score (nSPS) is 19.3. The van der Waals surface area contributed by atoms with Gasteiger partial charge in [0, 0.05) is 37.8 Å². The van der Waals surface area contributed by atoms with Crippen molar-refractivity contribution in [1.29, 1.82) is 0 Å². The van der Waals surface area contributed by atoms with Gasteiger partial charge in [0.25, 0.3) is 0 Å². The van der Waals surface area contributed by atoms with E-state index in [0.717, 1.165) is 34.9 Å². The van der Waals surface area contributed by atoms with Crippen LogP contribution < -0.4 is 20.3 Å². The van der Waals surface area contributed by atoms with Gasteiger partial charge in [-0.05, 0) is 31.5 Å². The first kappa shape index (κ1) is 22.4. The third-order valence-electron chi connectivity index (χ3n) is 5.46. The van der Waals surface area contributed by atoms with Crippen molar-refractivity contribution >= 4 is 41.5 Å². The van der Waals surface area contributed by atoms with Gasteiger partial charge in [0.2, 0.25) is 5.91 Å². The predicted molar refractivity (Wildman–Crippen MR) is 131 cm³/mol. The van der Waals surface area contributed by atoms with E-state index in [2.05, 4.69) is 35.5 Å². The molecule has 6 nitrogen and oxygen atoms in total. The smallest absolute Gasteiger partial charge is 0.231 e. The predicted octanol–water partition coefficient (Wildman–Crippen LogP) is 3.66. The molecule has 0 fully saturated rings. The van der Waals surface area contributed by atoms with Crippen LogP contribution >= 0.6 is 24.0 Å². The number of aliphatic imine (C=N–C) groups is 1. The summed E-state index contributed by atoms with van der Waals surface area (Å²) in [6.45, 7) is 5.43. The zero-order valence-corrected chi connectivity index (χ0v) is 20.0. The molecule has 0 saturated heterocycles. The molecule has 160 valence electrons. The maximum atomic E-state index is 12.3. The van der Waals surface area contributed by atoms with E-state index in [9.17, 15) is 4.79 Å². The lowest BCUT2D eigenvalue weighted by atomic mass is 9.90. The van der Waals surface area contributed by atoms with Gasteiger partial charge < -0.3 is 20.3 Å². The van der Waals surface area contributed by atoms with Gasteiger partial charge in [0.15, 0.2) is 5.96 Å². The maximum Gasteiger partial charge on any atom is 0.231 e. The second kappa shape index (κ2) is 9.24. The maximum absolute atomic E-state index is 12.3. The van der Waals surface area contributed by atoms with E-state index in [1.165, 1.54) is 0 Å². The zero-order valence-electron chi connectivity index (χ0n) is 17.6. The minimum Gasteiger partial charge on any atom is -0.487 e. The van der Waals surface area contributed by atoms with Gasteiger partial charge in [-0.1, -0.05) is 36.4 Å². The minimum absolute atomic E-state index is 0. The van der Waals surface area contributed by atoms with E-state index in [1.54, 1.807) is 7.05 Å². The largest absolute Gasteiger partial charge is 0.487 e. The molecule has 2 heterocycles. The Balaban J connectivity index is 0.00000256. The number of carbonyl (C=O) groups excluding carboxylic acids is 1. The minimum atomic E-state index is -0.253. The number of carbonyl (C=O) groups is 1. The number of amides is 1. The molecule has 2 N–H and O–H groups in total. The van der Waals surface area contributed by atoms with Crippen LogP contribution in [0.1, 0.15) is 37.4 Å². The summed E-state index contributed by atoms with van der Waals surface area (Å²) in [5.74, 6) is 1.79. The number of nitrogens with zero attached hydrogens (tertiary/aromatic N) is 2. The topological polar surface area (TPSA) is 66.0 Å². The van der Waals surface area contributed by atoms with Gasteiger partial charge in [-0.15, -0.1) is 24.0 Å². The van der Waals surface area contributed by atoms with Crippen molar-refractivity contribution < 1.29 is 9.53 Å². The van der Waals surface area contributed by atoms with Crippen molar-refractivity contribution in [1.82, 2.24) is 10.6 Å². The van der Waals surface area contributed by atoms with Gasteiger partial charge in [0.05, 0.1) is 12.5 Å². The van der Waals surface area contributed by atoms with Crippen LogP contribution in [0.5, 0.6) is 5.75 Å². The van der Waals surface area contributed by atoms with Gasteiger partial charge in [-0.3, -0.25) is 9.79 Å². The molecule has 2 aromatic rings. The van der Waals surface area contributed by atoms with Gasteiger partial charge in [0.1, 0.15) is 11.4 Å². The molecule has 4 rings (SSSR count). The fraction of sp³-hybridized carbons (Fsp3) is 0.391. The molecular weight excluding hydrogens is 491 g/mol. The van der Waals surface area contributed by atoms with E-state index in [4.69, 9.17) is 4.74 Å². The molecule has 2 aliphatic rings. The lowest BCUT2D eigenvalue weighted by Crippen LogP contribution is -2.47. The van der Waals surface area contributed by atoms with Crippen LogP contribution in [0.3, 0.4) is 0 Å². The summed E-state index contributed by atoms with van der Waals surface area (Å²) >= 11 is 0. The summed E-state index contributed by atoms with van der Waals surface area (Å²) in [6.07, 6.45) is 1.32. The third-order valence-corrected chi connectivity index (χ3v) is 5.46. The number of ether oxygens (including phenoxy) is 1. The monoisotopic (exact) mass is 520 g/mol. The average molecular weight is 520 g/mol. The molecule has 2 aromatic carbocycles. The molecule has 0 bridgehead atoms. The summed E-state index contributed by atoms with van der Waals surface area (Å²) in [5.41, 5.74) is 3.00. The summed E-state index contributed by atoms with van der Waals surface area (Å²) in [7, 11) is 1.77. The molecule has 2 aliphatic heterocycles. The number of hydrogen-bond donors (Lipinski definition) is 2. The van der Waals surface area contributed by atoms with Crippen LogP contribution in [0.25, 0.3) is 0 Å². The highest BCUT2D eigenvalue weighted by Crippen LogP contribution is 2.39. The van der Waals surface area contributed by atoms with E-state index < -0.39 is 0 Å². The highest BCUT2D eigenvalue weighted by atomic mass is 127. The standard InChI is InChI=1S/C23H28N4O2.HI/c1-23(2)15-18(17-9-5-7-11-20(17)29-23)26-22(24-3)25-12-13-27-19-10-6-4-8-16(19)14-21(27)28;/h4-11,18H,12-15H2,1-3H3,(H2,24,25,26);1H. The van der Waals surface area contributed by atoms with Crippen molar-refractivity contribution in [3.63, 3.8) is 0 Å². The number of guanidine groups is 1. The molecule has 30 heavy (non-hydrogen) atoms. The van der Waals surface area contributed by atoms with Crippen LogP contribution in [0.2, 0.25) is 0 Å². The second-order valence-corrected chi connectivity index (χ2v) is 8.15. The Morgan fingerprint density at radius 2 is 1.93 bits per heavy atom. The SMILES string of the molecule is CN=C(NCCN1C(=O)Cc2ccccc21)NC1CC(C)(C)Oc2ccccc21.I. The summed E-state index contributed by atoms with van der Waals surface area (Å²) < 4.78 is 6.11.